The molecule has 0 saturated heterocycles. The average molecular weight is 345 g/mol. The Hall–Kier alpha value is -0.320. The molecule has 1 saturated carbocycles. The minimum atomic E-state index is 0.481. The number of aliphatic imine (C=N–C) groups is 1. The Morgan fingerprint density at radius 1 is 1.53 bits per heavy atom. The summed E-state index contributed by atoms with van der Waals surface area (Å²) >= 11 is 9.91. The molecule has 1 fully saturated rings. The highest BCUT2D eigenvalue weighted by Gasteiger charge is 2.32. The summed E-state index contributed by atoms with van der Waals surface area (Å²) < 4.78 is 1.07. The van der Waals surface area contributed by atoms with Crippen molar-refractivity contribution in [2.45, 2.75) is 33.1 Å². The topological polar surface area (TPSA) is 27.6 Å². The lowest BCUT2D eigenvalue weighted by molar-refractivity contribution is 0.367. The number of hydrogen-bond acceptors (Lipinski definition) is 3. The van der Waals surface area contributed by atoms with E-state index < -0.39 is 0 Å². The van der Waals surface area contributed by atoms with Gasteiger partial charge in [-0.1, -0.05) is 47.8 Å². The summed E-state index contributed by atoms with van der Waals surface area (Å²) in [5.41, 5.74) is 4.32. The zero-order valence-corrected chi connectivity index (χ0v) is 13.6. The first-order valence-corrected chi connectivity index (χ1v) is 8.11. The minimum Gasteiger partial charge on any atom is -0.247 e. The largest absolute Gasteiger partial charge is 0.247 e. The predicted molar refractivity (Wildman–Crippen MR) is 82.8 cm³/mol. The minimum absolute atomic E-state index is 0.481. The van der Waals surface area contributed by atoms with Gasteiger partial charge in [-0.25, -0.2) is 15.4 Å². The number of fused-ring (bicyclic) bond motifs is 1. The number of halogens is 2. The van der Waals surface area contributed by atoms with E-state index in [2.05, 4.69) is 35.2 Å². The van der Waals surface area contributed by atoms with Crippen molar-refractivity contribution < 1.29 is 0 Å². The fourth-order valence-electron chi connectivity index (χ4n) is 3.23. The van der Waals surface area contributed by atoms with E-state index in [1.807, 2.05) is 11.1 Å². The first-order chi connectivity index (χ1) is 9.06. The van der Waals surface area contributed by atoms with Crippen LogP contribution < -0.4 is 5.43 Å². The summed E-state index contributed by atoms with van der Waals surface area (Å²) in [6.45, 7) is 5.39. The highest BCUT2D eigenvalue weighted by atomic mass is 79.9. The number of hydrazine groups is 1. The molecule has 0 radical (unpaired) electrons. The van der Waals surface area contributed by atoms with Crippen molar-refractivity contribution in [2.75, 3.05) is 6.54 Å². The van der Waals surface area contributed by atoms with Crippen LogP contribution in [0.1, 0.15) is 33.1 Å². The Bertz CT molecular complexity index is 483. The summed E-state index contributed by atoms with van der Waals surface area (Å²) in [5.74, 6) is 3.00. The molecule has 3 unspecified atom stereocenters. The Balaban J connectivity index is 1.84. The first kappa shape index (κ1) is 13.7. The van der Waals surface area contributed by atoms with E-state index in [0.29, 0.717) is 11.1 Å². The standard InChI is InChI=1S/C14H19BrClN3/c1-8-3-4-10(5-8)9(2)12-6-13(16)19-14(18-12)11(15)7-17-19/h6,8-10,17H,3-5,7H2,1-2H3. The van der Waals surface area contributed by atoms with E-state index in [9.17, 15) is 0 Å². The molecule has 19 heavy (non-hydrogen) atoms. The van der Waals surface area contributed by atoms with Crippen LogP contribution in [0.25, 0.3) is 0 Å². The van der Waals surface area contributed by atoms with Gasteiger partial charge in [0.2, 0.25) is 0 Å². The molecule has 2 aliphatic heterocycles. The molecule has 0 aromatic heterocycles. The van der Waals surface area contributed by atoms with E-state index >= 15 is 0 Å². The second-order valence-electron chi connectivity index (χ2n) is 5.87. The normalized spacial score (nSPS) is 32.3. The van der Waals surface area contributed by atoms with Gasteiger partial charge in [-0.2, -0.15) is 0 Å². The Kier molecular flexibility index (Phi) is 3.76. The molecule has 5 heteroatoms. The quantitative estimate of drug-likeness (QED) is 0.767. The van der Waals surface area contributed by atoms with Crippen LogP contribution >= 0.6 is 27.5 Å². The van der Waals surface area contributed by atoms with Crippen LogP contribution in [0.5, 0.6) is 0 Å². The number of hydrogen-bond donors (Lipinski definition) is 1. The molecule has 3 nitrogen and oxygen atoms in total. The van der Waals surface area contributed by atoms with Crippen LogP contribution in [-0.2, 0) is 0 Å². The first-order valence-electron chi connectivity index (χ1n) is 6.94. The highest BCUT2D eigenvalue weighted by Crippen LogP contribution is 2.38. The van der Waals surface area contributed by atoms with Gasteiger partial charge in [0.15, 0.2) is 5.82 Å². The number of rotatable bonds is 2. The summed E-state index contributed by atoms with van der Waals surface area (Å²) in [5, 5.41) is 2.56. The summed E-state index contributed by atoms with van der Waals surface area (Å²) in [6.07, 6.45) is 5.99. The van der Waals surface area contributed by atoms with Crippen molar-refractivity contribution in [2.24, 2.45) is 22.7 Å². The monoisotopic (exact) mass is 343 g/mol. The molecule has 0 spiro atoms. The van der Waals surface area contributed by atoms with Crippen molar-refractivity contribution in [1.29, 1.82) is 0 Å². The lowest BCUT2D eigenvalue weighted by Crippen LogP contribution is -2.33. The second-order valence-corrected chi connectivity index (χ2v) is 7.21. The van der Waals surface area contributed by atoms with E-state index in [4.69, 9.17) is 16.6 Å². The van der Waals surface area contributed by atoms with E-state index in [0.717, 1.165) is 34.4 Å². The van der Waals surface area contributed by atoms with Crippen LogP contribution in [0.2, 0.25) is 0 Å². The Morgan fingerprint density at radius 3 is 3.00 bits per heavy atom. The van der Waals surface area contributed by atoms with Crippen LogP contribution in [0, 0.1) is 17.8 Å². The molecule has 3 atom stereocenters. The zero-order valence-electron chi connectivity index (χ0n) is 11.3. The lowest BCUT2D eigenvalue weighted by atomic mass is 9.87. The molecule has 2 heterocycles. The maximum absolute atomic E-state index is 6.35. The van der Waals surface area contributed by atoms with E-state index in [1.165, 1.54) is 19.3 Å². The highest BCUT2D eigenvalue weighted by molar-refractivity contribution is 9.11. The zero-order chi connectivity index (χ0) is 13.6. The fraction of sp³-hybridized carbons (Fsp3) is 0.643. The van der Waals surface area contributed by atoms with Gasteiger partial charge in [-0.3, -0.25) is 0 Å². The summed E-state index contributed by atoms with van der Waals surface area (Å²) in [6, 6.07) is 0. The van der Waals surface area contributed by atoms with E-state index in [1.54, 1.807) is 0 Å². The molecular weight excluding hydrogens is 326 g/mol. The van der Waals surface area contributed by atoms with Gasteiger partial charge >= 0.3 is 0 Å². The van der Waals surface area contributed by atoms with Crippen LogP contribution in [0.3, 0.4) is 0 Å². The number of allylic oxidation sites excluding steroid dienone is 1. The van der Waals surface area contributed by atoms with Crippen LogP contribution in [0.4, 0.5) is 0 Å². The molecule has 1 N–H and O–H groups in total. The second kappa shape index (κ2) is 5.23. The SMILES string of the molecule is CC1CCC(C(C)C2=NC3=C(Br)CNN3C(Cl)=C2)C1. The van der Waals surface area contributed by atoms with Gasteiger partial charge < -0.3 is 0 Å². The van der Waals surface area contributed by atoms with Gasteiger partial charge in [-0.15, -0.1) is 0 Å². The molecule has 3 aliphatic rings. The van der Waals surface area contributed by atoms with Crippen LogP contribution in [0.15, 0.2) is 26.5 Å². The van der Waals surface area contributed by atoms with Gasteiger partial charge in [0.1, 0.15) is 5.16 Å². The number of nitrogens with zero attached hydrogens (tertiary/aromatic N) is 2. The van der Waals surface area contributed by atoms with Crippen LogP contribution in [-0.4, -0.2) is 17.3 Å². The number of nitrogens with one attached hydrogen (secondary N) is 1. The molecule has 104 valence electrons. The van der Waals surface area contributed by atoms with Crippen molar-refractivity contribution in [3.05, 3.63) is 21.5 Å². The molecule has 3 rings (SSSR count). The third-order valence-corrected chi connectivity index (χ3v) is 5.38. The summed E-state index contributed by atoms with van der Waals surface area (Å²) in [4.78, 5) is 4.80. The van der Waals surface area contributed by atoms with Gasteiger partial charge in [0, 0.05) is 11.6 Å². The third kappa shape index (κ3) is 2.50. The molecule has 0 aromatic carbocycles. The Labute approximate surface area is 127 Å². The van der Waals surface area contributed by atoms with Gasteiger partial charge in [-0.05, 0) is 30.8 Å². The van der Waals surface area contributed by atoms with E-state index in [-0.39, 0.29) is 0 Å². The summed E-state index contributed by atoms with van der Waals surface area (Å²) in [7, 11) is 0. The molecule has 0 amide bonds. The van der Waals surface area contributed by atoms with Crippen molar-refractivity contribution in [3.63, 3.8) is 0 Å². The van der Waals surface area contributed by atoms with Gasteiger partial charge in [0.05, 0.1) is 11.0 Å². The third-order valence-electron chi connectivity index (χ3n) is 4.47. The fourth-order valence-corrected chi connectivity index (χ4v) is 3.88. The molecule has 0 aromatic rings. The molecule has 0 bridgehead atoms. The predicted octanol–water partition coefficient (Wildman–Crippen LogP) is 3.98. The van der Waals surface area contributed by atoms with Crippen molar-refractivity contribution >= 4 is 33.2 Å². The average Bonchev–Trinajstić information content (AvgIpc) is 2.96. The van der Waals surface area contributed by atoms with Gasteiger partial charge in [0.25, 0.3) is 0 Å². The maximum atomic E-state index is 6.35. The van der Waals surface area contributed by atoms with Crippen molar-refractivity contribution in [1.82, 2.24) is 10.4 Å². The van der Waals surface area contributed by atoms with Crippen molar-refractivity contribution in [3.8, 4) is 0 Å². The smallest absolute Gasteiger partial charge is 0.160 e. The molecular formula is C14H19BrClN3. The lowest BCUT2D eigenvalue weighted by Gasteiger charge is -2.27. The maximum Gasteiger partial charge on any atom is 0.160 e. The molecule has 1 aliphatic carbocycles. The Morgan fingerprint density at radius 2 is 2.32 bits per heavy atom.